The van der Waals surface area contributed by atoms with Gasteiger partial charge in [0.1, 0.15) is 17.5 Å². The van der Waals surface area contributed by atoms with E-state index in [0.29, 0.717) is 22.4 Å². The van der Waals surface area contributed by atoms with Crippen molar-refractivity contribution in [2.75, 3.05) is 18.0 Å². The van der Waals surface area contributed by atoms with Crippen LogP contribution < -0.4 is 15.0 Å². The Kier molecular flexibility index (Phi) is 9.13. The van der Waals surface area contributed by atoms with Crippen molar-refractivity contribution in [2.45, 2.75) is 32.7 Å². The predicted molar refractivity (Wildman–Crippen MR) is 168 cm³/mol. The van der Waals surface area contributed by atoms with Gasteiger partial charge in [0.2, 0.25) is 0 Å². The number of carboxylic acids is 1. The summed E-state index contributed by atoms with van der Waals surface area (Å²) in [5.41, 5.74) is 3.82. The molecule has 0 bridgehead atoms. The molecule has 4 aromatic rings. The second-order valence-corrected chi connectivity index (χ2v) is 11.6. The SMILES string of the molecule is CC1CC(C)CN(c2ccc(Cl)cc2C(=O)NC(Cc2ccc(-c3ccccc3Oc3ccccc3)cc2)C(=O)O)C1. The highest BCUT2D eigenvalue weighted by atomic mass is 35.5. The molecule has 0 saturated carbocycles. The fourth-order valence-electron chi connectivity index (χ4n) is 5.73. The molecule has 2 N–H and O–H groups in total. The minimum absolute atomic E-state index is 0.136. The number of hydrogen-bond donors (Lipinski definition) is 2. The first kappa shape index (κ1) is 29.2. The summed E-state index contributed by atoms with van der Waals surface area (Å²) in [5.74, 6) is 0.904. The average Bonchev–Trinajstić information content (AvgIpc) is 2.97. The molecule has 5 rings (SSSR count). The highest BCUT2D eigenvalue weighted by molar-refractivity contribution is 6.31. The van der Waals surface area contributed by atoms with Crippen LogP contribution in [0.2, 0.25) is 5.02 Å². The third kappa shape index (κ3) is 7.12. The minimum atomic E-state index is -1.11. The Balaban J connectivity index is 1.32. The number of rotatable bonds is 9. The van der Waals surface area contributed by atoms with Crippen molar-refractivity contribution < 1.29 is 19.4 Å². The molecule has 1 fully saturated rings. The number of nitrogens with zero attached hydrogens (tertiary/aromatic N) is 1. The summed E-state index contributed by atoms with van der Waals surface area (Å²) in [5, 5.41) is 13.2. The van der Waals surface area contributed by atoms with Gasteiger partial charge in [0.15, 0.2) is 0 Å². The van der Waals surface area contributed by atoms with Crippen LogP contribution in [-0.4, -0.2) is 36.1 Å². The molecule has 42 heavy (non-hydrogen) atoms. The van der Waals surface area contributed by atoms with Gasteiger partial charge in [-0.15, -0.1) is 0 Å². The Hall–Kier alpha value is -4.29. The third-order valence-electron chi connectivity index (χ3n) is 7.58. The molecular weight excluding hydrogens is 548 g/mol. The first-order chi connectivity index (χ1) is 20.3. The molecule has 7 heteroatoms. The molecule has 1 aliphatic heterocycles. The fourth-order valence-corrected chi connectivity index (χ4v) is 5.90. The Morgan fingerprint density at radius 2 is 1.60 bits per heavy atom. The summed E-state index contributed by atoms with van der Waals surface area (Å²) in [6, 6.07) is 29.2. The van der Waals surface area contributed by atoms with Crippen molar-refractivity contribution in [1.82, 2.24) is 5.32 Å². The molecule has 0 spiro atoms. The Morgan fingerprint density at radius 1 is 0.929 bits per heavy atom. The minimum Gasteiger partial charge on any atom is -0.480 e. The topological polar surface area (TPSA) is 78.9 Å². The van der Waals surface area contributed by atoms with Gasteiger partial charge in [0.05, 0.1) is 5.56 Å². The molecule has 3 atom stereocenters. The lowest BCUT2D eigenvalue weighted by atomic mass is 9.91. The number of benzene rings is 4. The quantitative estimate of drug-likeness (QED) is 0.211. The van der Waals surface area contributed by atoms with Gasteiger partial charge in [-0.05, 0) is 65.8 Å². The van der Waals surface area contributed by atoms with E-state index in [-0.39, 0.29) is 6.42 Å². The molecule has 0 aromatic heterocycles. The fraction of sp³-hybridized carbons (Fsp3) is 0.257. The molecule has 216 valence electrons. The maximum Gasteiger partial charge on any atom is 0.326 e. The lowest BCUT2D eigenvalue weighted by Gasteiger charge is -2.37. The van der Waals surface area contributed by atoms with Crippen LogP contribution in [0.25, 0.3) is 11.1 Å². The summed E-state index contributed by atoms with van der Waals surface area (Å²) >= 11 is 6.28. The average molecular weight is 583 g/mol. The van der Waals surface area contributed by atoms with Crippen molar-refractivity contribution in [1.29, 1.82) is 0 Å². The predicted octanol–water partition coefficient (Wildman–Crippen LogP) is 7.71. The van der Waals surface area contributed by atoms with Gasteiger partial charge in [-0.2, -0.15) is 0 Å². The van der Waals surface area contributed by atoms with E-state index < -0.39 is 17.9 Å². The molecule has 1 amide bonds. The molecule has 1 saturated heterocycles. The van der Waals surface area contributed by atoms with E-state index in [2.05, 4.69) is 24.1 Å². The van der Waals surface area contributed by atoms with E-state index in [1.54, 1.807) is 12.1 Å². The number of ether oxygens (including phenoxy) is 1. The van der Waals surface area contributed by atoms with Crippen LogP contribution in [0.15, 0.2) is 97.1 Å². The van der Waals surface area contributed by atoms with Crippen molar-refractivity contribution >= 4 is 29.2 Å². The highest BCUT2D eigenvalue weighted by Gasteiger charge is 2.27. The second-order valence-electron chi connectivity index (χ2n) is 11.2. The van der Waals surface area contributed by atoms with Crippen LogP contribution >= 0.6 is 11.6 Å². The Labute approximate surface area is 251 Å². The second kappa shape index (κ2) is 13.1. The van der Waals surface area contributed by atoms with E-state index in [4.69, 9.17) is 16.3 Å². The number of nitrogens with one attached hydrogen (secondary N) is 1. The molecule has 4 aromatic carbocycles. The van der Waals surface area contributed by atoms with Crippen LogP contribution in [0, 0.1) is 11.8 Å². The van der Waals surface area contributed by atoms with E-state index in [9.17, 15) is 14.7 Å². The monoisotopic (exact) mass is 582 g/mol. The first-order valence-corrected chi connectivity index (χ1v) is 14.6. The number of piperidine rings is 1. The lowest BCUT2D eigenvalue weighted by molar-refractivity contribution is -0.139. The van der Waals surface area contributed by atoms with Gasteiger partial charge in [0, 0.05) is 35.8 Å². The molecule has 1 heterocycles. The zero-order chi connectivity index (χ0) is 29.6. The van der Waals surface area contributed by atoms with Crippen LogP contribution in [0.3, 0.4) is 0 Å². The van der Waals surface area contributed by atoms with Crippen LogP contribution in [-0.2, 0) is 11.2 Å². The van der Waals surface area contributed by atoms with E-state index in [1.165, 1.54) is 0 Å². The Bertz CT molecular complexity index is 1530. The molecule has 0 radical (unpaired) electrons. The van der Waals surface area contributed by atoms with Crippen LogP contribution in [0.5, 0.6) is 11.5 Å². The van der Waals surface area contributed by atoms with E-state index >= 15 is 0 Å². The van der Waals surface area contributed by atoms with Crippen LogP contribution in [0.4, 0.5) is 5.69 Å². The largest absolute Gasteiger partial charge is 0.480 e. The third-order valence-corrected chi connectivity index (χ3v) is 7.81. The summed E-state index contributed by atoms with van der Waals surface area (Å²) in [6.07, 6.45) is 1.27. The van der Waals surface area contributed by atoms with Gasteiger partial charge in [-0.3, -0.25) is 4.79 Å². The zero-order valence-corrected chi connectivity index (χ0v) is 24.6. The van der Waals surface area contributed by atoms with E-state index in [1.807, 2.05) is 84.9 Å². The van der Waals surface area contributed by atoms with Crippen molar-refractivity contribution in [3.8, 4) is 22.6 Å². The van der Waals surface area contributed by atoms with Gasteiger partial charge < -0.3 is 20.1 Å². The van der Waals surface area contributed by atoms with Gasteiger partial charge in [-0.25, -0.2) is 4.79 Å². The summed E-state index contributed by atoms with van der Waals surface area (Å²) < 4.78 is 6.11. The van der Waals surface area contributed by atoms with Gasteiger partial charge in [0.25, 0.3) is 5.91 Å². The zero-order valence-electron chi connectivity index (χ0n) is 23.8. The molecule has 0 aliphatic carbocycles. The number of carbonyl (C=O) groups excluding carboxylic acids is 1. The number of amides is 1. The Morgan fingerprint density at radius 3 is 2.29 bits per heavy atom. The smallest absolute Gasteiger partial charge is 0.326 e. The number of hydrogen-bond acceptors (Lipinski definition) is 4. The first-order valence-electron chi connectivity index (χ1n) is 14.3. The van der Waals surface area contributed by atoms with E-state index in [0.717, 1.165) is 53.4 Å². The van der Waals surface area contributed by atoms with Crippen LogP contribution in [0.1, 0.15) is 36.2 Å². The van der Waals surface area contributed by atoms with Crippen molar-refractivity contribution in [2.24, 2.45) is 11.8 Å². The van der Waals surface area contributed by atoms with Crippen molar-refractivity contribution in [3.05, 3.63) is 113 Å². The number of carboxylic acid groups (broad SMARTS) is 1. The molecule has 1 aliphatic rings. The normalized spacial score (nSPS) is 17.4. The number of halogens is 1. The number of carbonyl (C=O) groups is 2. The highest BCUT2D eigenvalue weighted by Crippen LogP contribution is 2.34. The summed E-state index contributed by atoms with van der Waals surface area (Å²) in [6.45, 7) is 6.08. The summed E-state index contributed by atoms with van der Waals surface area (Å²) in [4.78, 5) is 27.9. The number of para-hydroxylation sites is 2. The van der Waals surface area contributed by atoms with Crippen molar-refractivity contribution in [3.63, 3.8) is 0 Å². The lowest BCUT2D eigenvalue weighted by Crippen LogP contribution is -2.44. The standard InChI is InChI=1S/C35H35ClN2O4/c1-23-18-24(2)22-38(21-23)32-17-16-27(36)20-30(32)34(39)37-31(35(40)41)19-25-12-14-26(15-13-25)29-10-6-7-11-33(29)42-28-8-4-3-5-9-28/h3-17,20,23-24,31H,18-19,21-22H2,1-2H3,(H,37,39)(H,40,41). The number of aliphatic carboxylic acids is 1. The van der Waals surface area contributed by atoms with Gasteiger partial charge >= 0.3 is 5.97 Å². The molecular formula is C35H35ClN2O4. The molecule has 3 unspecified atom stereocenters. The number of anilines is 1. The maximum atomic E-state index is 13.5. The maximum absolute atomic E-state index is 13.5. The van der Waals surface area contributed by atoms with Gasteiger partial charge in [-0.1, -0.05) is 86.1 Å². The molecule has 6 nitrogen and oxygen atoms in total. The summed E-state index contributed by atoms with van der Waals surface area (Å²) in [7, 11) is 0.